The number of carbonyl (C=O) groups is 1. The summed E-state index contributed by atoms with van der Waals surface area (Å²) >= 11 is 0. The Morgan fingerprint density at radius 3 is 3.05 bits per heavy atom. The maximum atomic E-state index is 12.0. The number of hydrogen-bond donors (Lipinski definition) is 2. The van der Waals surface area contributed by atoms with Crippen molar-refractivity contribution in [2.24, 2.45) is 0 Å². The number of likely N-dealkylation sites (N-methyl/N-ethyl adjacent to an activating group) is 1. The highest BCUT2D eigenvalue weighted by molar-refractivity contribution is 5.91. The van der Waals surface area contributed by atoms with Crippen molar-refractivity contribution in [1.82, 2.24) is 15.4 Å². The summed E-state index contributed by atoms with van der Waals surface area (Å²) in [4.78, 5) is 14.3. The molecule has 1 amide bonds. The fourth-order valence-corrected chi connectivity index (χ4v) is 2.55. The minimum absolute atomic E-state index is 0.0422. The first kappa shape index (κ1) is 15.0. The summed E-state index contributed by atoms with van der Waals surface area (Å²) in [5.74, 6) is 0.686. The Labute approximate surface area is 119 Å². The summed E-state index contributed by atoms with van der Waals surface area (Å²) in [6.45, 7) is 6.39. The van der Waals surface area contributed by atoms with Gasteiger partial charge in [0.25, 0.3) is 0 Å². The third-order valence-electron chi connectivity index (χ3n) is 3.67. The third-order valence-corrected chi connectivity index (χ3v) is 3.67. The molecule has 0 spiro atoms. The Kier molecular flexibility index (Phi) is 5.14. The first-order chi connectivity index (χ1) is 9.60. The van der Waals surface area contributed by atoms with Crippen LogP contribution in [-0.4, -0.2) is 48.7 Å². The molecule has 0 aliphatic carbocycles. The molecule has 1 unspecified atom stereocenters. The minimum Gasteiger partial charge on any atom is -0.338 e. The zero-order valence-electron chi connectivity index (χ0n) is 12.5. The van der Waals surface area contributed by atoms with Crippen LogP contribution in [0.15, 0.2) is 10.6 Å². The number of nitrogens with one attached hydrogen (secondary N) is 2. The Morgan fingerprint density at radius 2 is 2.40 bits per heavy atom. The molecule has 2 rings (SSSR count). The Hall–Kier alpha value is -1.40. The van der Waals surface area contributed by atoms with Gasteiger partial charge in [0.1, 0.15) is 0 Å². The number of nitrogens with zero attached hydrogens (tertiary/aromatic N) is 2. The molecule has 1 fully saturated rings. The van der Waals surface area contributed by atoms with Crippen LogP contribution in [0, 0.1) is 0 Å². The van der Waals surface area contributed by atoms with E-state index >= 15 is 0 Å². The molecule has 0 saturated carbocycles. The maximum Gasteiger partial charge on any atom is 0.240 e. The van der Waals surface area contributed by atoms with Crippen molar-refractivity contribution in [3.8, 4) is 0 Å². The smallest absolute Gasteiger partial charge is 0.240 e. The van der Waals surface area contributed by atoms with E-state index in [2.05, 4.69) is 20.7 Å². The van der Waals surface area contributed by atoms with E-state index in [1.165, 1.54) is 0 Å². The number of amides is 1. The first-order valence-corrected chi connectivity index (χ1v) is 7.25. The normalized spacial score (nSPS) is 19.7. The van der Waals surface area contributed by atoms with Gasteiger partial charge < -0.3 is 9.84 Å². The number of carbonyl (C=O) groups excluding carboxylic acids is 1. The van der Waals surface area contributed by atoms with Crippen molar-refractivity contribution < 1.29 is 9.32 Å². The van der Waals surface area contributed by atoms with Crippen molar-refractivity contribution in [2.75, 3.05) is 32.0 Å². The molecule has 1 aromatic rings. The summed E-state index contributed by atoms with van der Waals surface area (Å²) in [5, 5.41) is 9.88. The molecule has 2 N–H and O–H groups in total. The monoisotopic (exact) mass is 280 g/mol. The molecule has 112 valence electrons. The van der Waals surface area contributed by atoms with Crippen LogP contribution in [0.2, 0.25) is 0 Å². The zero-order chi connectivity index (χ0) is 14.5. The first-order valence-electron chi connectivity index (χ1n) is 7.25. The van der Waals surface area contributed by atoms with Crippen LogP contribution in [0.4, 0.5) is 5.88 Å². The van der Waals surface area contributed by atoms with Crippen molar-refractivity contribution in [3.05, 3.63) is 11.8 Å². The van der Waals surface area contributed by atoms with Crippen LogP contribution in [0.1, 0.15) is 38.3 Å². The number of aromatic nitrogens is 1. The summed E-state index contributed by atoms with van der Waals surface area (Å²) in [7, 11) is 1.94. The number of likely N-dealkylation sites (tertiary alicyclic amines) is 1. The predicted molar refractivity (Wildman–Crippen MR) is 77.7 cm³/mol. The van der Waals surface area contributed by atoms with Gasteiger partial charge >= 0.3 is 0 Å². The molecule has 6 nitrogen and oxygen atoms in total. The lowest BCUT2D eigenvalue weighted by molar-refractivity contribution is -0.117. The Morgan fingerprint density at radius 1 is 1.60 bits per heavy atom. The van der Waals surface area contributed by atoms with Gasteiger partial charge in [0.2, 0.25) is 11.8 Å². The van der Waals surface area contributed by atoms with Gasteiger partial charge in [0.15, 0.2) is 0 Å². The molecule has 1 atom stereocenters. The molecule has 1 saturated heterocycles. The average Bonchev–Trinajstić information content (AvgIpc) is 3.00. The molecular weight excluding hydrogens is 256 g/mol. The fourth-order valence-electron chi connectivity index (χ4n) is 2.55. The molecule has 20 heavy (non-hydrogen) atoms. The van der Waals surface area contributed by atoms with Crippen molar-refractivity contribution in [3.63, 3.8) is 0 Å². The molecule has 0 bridgehead atoms. The number of rotatable bonds is 6. The minimum atomic E-state index is -0.0422. The van der Waals surface area contributed by atoms with Crippen molar-refractivity contribution in [2.45, 2.75) is 38.6 Å². The van der Waals surface area contributed by atoms with E-state index < -0.39 is 0 Å². The lowest BCUT2D eigenvalue weighted by atomic mass is 10.1. The van der Waals surface area contributed by atoms with Crippen LogP contribution in [0.3, 0.4) is 0 Å². The number of hydrogen-bond acceptors (Lipinski definition) is 5. The second-order valence-electron chi connectivity index (χ2n) is 5.64. The molecule has 0 aromatic carbocycles. The van der Waals surface area contributed by atoms with Crippen LogP contribution in [-0.2, 0) is 4.79 Å². The van der Waals surface area contributed by atoms with Gasteiger partial charge in [-0.1, -0.05) is 19.0 Å². The van der Waals surface area contributed by atoms with E-state index in [9.17, 15) is 4.79 Å². The SMILES string of the molecule is CNCC1CCCN1CC(=O)Nc1cc(C(C)C)no1. The molecular formula is C14H24N4O2. The highest BCUT2D eigenvalue weighted by atomic mass is 16.5. The van der Waals surface area contributed by atoms with E-state index in [1.807, 2.05) is 20.9 Å². The maximum absolute atomic E-state index is 12.0. The van der Waals surface area contributed by atoms with E-state index in [-0.39, 0.29) is 5.91 Å². The molecule has 6 heteroatoms. The summed E-state index contributed by atoms with van der Waals surface area (Å²) < 4.78 is 5.12. The topological polar surface area (TPSA) is 70.4 Å². The van der Waals surface area contributed by atoms with Crippen LogP contribution in [0.5, 0.6) is 0 Å². The van der Waals surface area contributed by atoms with Gasteiger partial charge in [-0.15, -0.1) is 0 Å². The van der Waals surface area contributed by atoms with Crippen LogP contribution >= 0.6 is 0 Å². The molecule has 1 aliphatic heterocycles. The lowest BCUT2D eigenvalue weighted by Crippen LogP contribution is -2.41. The lowest BCUT2D eigenvalue weighted by Gasteiger charge is -2.23. The highest BCUT2D eigenvalue weighted by Crippen LogP contribution is 2.19. The van der Waals surface area contributed by atoms with Gasteiger partial charge in [-0.05, 0) is 32.4 Å². The van der Waals surface area contributed by atoms with Gasteiger partial charge in [0, 0.05) is 18.7 Å². The summed E-state index contributed by atoms with van der Waals surface area (Å²) in [5.41, 5.74) is 0.856. The van der Waals surface area contributed by atoms with E-state index in [4.69, 9.17) is 4.52 Å². The van der Waals surface area contributed by atoms with Crippen LogP contribution < -0.4 is 10.6 Å². The van der Waals surface area contributed by atoms with E-state index in [1.54, 1.807) is 6.07 Å². The van der Waals surface area contributed by atoms with Gasteiger partial charge in [-0.3, -0.25) is 15.0 Å². The van der Waals surface area contributed by atoms with Gasteiger partial charge in [0.05, 0.1) is 12.2 Å². The Bertz CT molecular complexity index is 444. The average molecular weight is 280 g/mol. The van der Waals surface area contributed by atoms with Gasteiger partial charge in [-0.2, -0.15) is 0 Å². The number of anilines is 1. The quantitative estimate of drug-likeness (QED) is 0.824. The van der Waals surface area contributed by atoms with Crippen molar-refractivity contribution >= 4 is 11.8 Å². The summed E-state index contributed by atoms with van der Waals surface area (Å²) in [6, 6.07) is 2.24. The third kappa shape index (κ3) is 3.80. The standard InChI is InChI=1S/C14H24N4O2/c1-10(2)12-7-14(20-17-12)16-13(19)9-18-6-4-5-11(18)8-15-3/h7,10-11,15H,4-6,8-9H2,1-3H3,(H,16,19). The van der Waals surface area contributed by atoms with Gasteiger partial charge in [-0.25, -0.2) is 0 Å². The highest BCUT2D eigenvalue weighted by Gasteiger charge is 2.25. The van der Waals surface area contributed by atoms with E-state index in [0.29, 0.717) is 24.4 Å². The molecule has 1 aliphatic rings. The van der Waals surface area contributed by atoms with Crippen molar-refractivity contribution in [1.29, 1.82) is 0 Å². The fraction of sp³-hybridized carbons (Fsp3) is 0.714. The Balaban J connectivity index is 1.85. The zero-order valence-corrected chi connectivity index (χ0v) is 12.5. The van der Waals surface area contributed by atoms with Crippen LogP contribution in [0.25, 0.3) is 0 Å². The summed E-state index contributed by atoms with van der Waals surface area (Å²) in [6.07, 6.45) is 2.30. The van der Waals surface area contributed by atoms with E-state index in [0.717, 1.165) is 31.6 Å². The molecule has 1 aromatic heterocycles. The second kappa shape index (κ2) is 6.85. The second-order valence-corrected chi connectivity index (χ2v) is 5.64. The molecule has 0 radical (unpaired) electrons. The predicted octanol–water partition coefficient (Wildman–Crippen LogP) is 1.42. The molecule has 2 heterocycles. The largest absolute Gasteiger partial charge is 0.338 e.